The fraction of sp³-hybridized carbons (Fsp3) is 0.368. The molecule has 1 saturated heterocycles. The summed E-state index contributed by atoms with van der Waals surface area (Å²) >= 11 is 0. The number of fused-ring (bicyclic) bond motifs is 1. The molecule has 4 rings (SSSR count). The van der Waals surface area contributed by atoms with Crippen LogP contribution in [0.5, 0.6) is 11.5 Å². The van der Waals surface area contributed by atoms with E-state index in [4.69, 9.17) is 9.47 Å². The topological polar surface area (TPSA) is 63.7 Å². The van der Waals surface area contributed by atoms with Gasteiger partial charge >= 0.3 is 0 Å². The molecule has 0 aliphatic carbocycles. The molecule has 1 aromatic heterocycles. The van der Waals surface area contributed by atoms with Crippen LogP contribution in [0.1, 0.15) is 29.6 Å². The molecule has 2 aliphatic rings. The molecule has 130 valence electrons. The first-order chi connectivity index (χ1) is 12.3. The molecule has 3 heterocycles. The molecule has 25 heavy (non-hydrogen) atoms. The van der Waals surface area contributed by atoms with E-state index in [0.29, 0.717) is 18.8 Å². The fourth-order valence-electron chi connectivity index (χ4n) is 3.19. The highest BCUT2D eigenvalue weighted by Crippen LogP contribution is 2.33. The lowest BCUT2D eigenvalue weighted by atomic mass is 10.1. The molecule has 6 nitrogen and oxygen atoms in total. The summed E-state index contributed by atoms with van der Waals surface area (Å²) < 4.78 is 11.1. The number of carbonyl (C=O) groups is 1. The van der Waals surface area contributed by atoms with E-state index in [2.05, 4.69) is 10.3 Å². The van der Waals surface area contributed by atoms with Crippen molar-refractivity contribution in [1.29, 1.82) is 0 Å². The number of nitrogens with one attached hydrogen (secondary N) is 1. The van der Waals surface area contributed by atoms with Gasteiger partial charge in [-0.25, -0.2) is 0 Å². The molecule has 0 unspecified atom stereocenters. The van der Waals surface area contributed by atoms with Crippen LogP contribution in [0.25, 0.3) is 0 Å². The van der Waals surface area contributed by atoms with Crippen LogP contribution in [0.4, 0.5) is 11.4 Å². The zero-order valence-electron chi connectivity index (χ0n) is 14.0. The average molecular weight is 339 g/mol. The van der Waals surface area contributed by atoms with Gasteiger partial charge in [0.05, 0.1) is 17.4 Å². The van der Waals surface area contributed by atoms with Crippen molar-refractivity contribution in [3.05, 3.63) is 42.2 Å². The first kappa shape index (κ1) is 15.7. The van der Waals surface area contributed by atoms with Crippen molar-refractivity contribution in [2.24, 2.45) is 0 Å². The molecule has 2 aromatic rings. The Morgan fingerprint density at radius 1 is 0.960 bits per heavy atom. The van der Waals surface area contributed by atoms with Crippen LogP contribution in [0, 0.1) is 0 Å². The number of nitrogens with zero attached hydrogens (tertiary/aromatic N) is 2. The third-order valence-electron chi connectivity index (χ3n) is 4.46. The zero-order valence-corrected chi connectivity index (χ0v) is 14.0. The van der Waals surface area contributed by atoms with E-state index in [0.717, 1.165) is 48.8 Å². The minimum atomic E-state index is 0.0537. The Morgan fingerprint density at radius 2 is 1.76 bits per heavy atom. The number of anilines is 2. The number of hydrogen-bond donors (Lipinski definition) is 1. The number of carbonyl (C=O) groups excluding carboxylic acids is 1. The zero-order chi connectivity index (χ0) is 17.1. The molecule has 0 spiro atoms. The number of ether oxygens (including phenoxy) is 2. The Labute approximate surface area is 146 Å². The Kier molecular flexibility index (Phi) is 4.41. The maximum Gasteiger partial charge on any atom is 0.255 e. The molecule has 1 amide bonds. The lowest BCUT2D eigenvalue weighted by Gasteiger charge is -2.26. The lowest BCUT2D eigenvalue weighted by Crippen LogP contribution is -2.35. The van der Waals surface area contributed by atoms with Crippen LogP contribution in [0.3, 0.4) is 0 Å². The van der Waals surface area contributed by atoms with Crippen LogP contribution >= 0.6 is 0 Å². The van der Waals surface area contributed by atoms with E-state index in [1.54, 1.807) is 12.4 Å². The quantitative estimate of drug-likeness (QED) is 0.930. The van der Waals surface area contributed by atoms with Gasteiger partial charge in [-0.2, -0.15) is 0 Å². The van der Waals surface area contributed by atoms with Gasteiger partial charge in [-0.05, 0) is 37.5 Å². The summed E-state index contributed by atoms with van der Waals surface area (Å²) in [4.78, 5) is 18.7. The number of aromatic nitrogens is 1. The average Bonchev–Trinajstić information content (AvgIpc) is 2.68. The maximum absolute atomic E-state index is 12.6. The van der Waals surface area contributed by atoms with Crippen molar-refractivity contribution in [1.82, 2.24) is 9.88 Å². The molecule has 1 aromatic carbocycles. The Balaban J connectivity index is 1.50. The molecule has 2 aliphatic heterocycles. The van der Waals surface area contributed by atoms with E-state index >= 15 is 0 Å². The third-order valence-corrected chi connectivity index (χ3v) is 4.46. The van der Waals surface area contributed by atoms with Gasteiger partial charge in [-0.15, -0.1) is 0 Å². The highest BCUT2D eigenvalue weighted by molar-refractivity contribution is 5.95. The highest BCUT2D eigenvalue weighted by atomic mass is 16.6. The van der Waals surface area contributed by atoms with Crippen molar-refractivity contribution in [2.75, 3.05) is 31.6 Å². The molecular weight excluding hydrogens is 318 g/mol. The lowest BCUT2D eigenvalue weighted by molar-refractivity contribution is 0.0724. The number of piperidine rings is 1. The summed E-state index contributed by atoms with van der Waals surface area (Å²) in [6.45, 7) is 2.79. The van der Waals surface area contributed by atoms with E-state index in [9.17, 15) is 4.79 Å². The summed E-state index contributed by atoms with van der Waals surface area (Å²) in [7, 11) is 0. The molecular formula is C19H21N3O3. The van der Waals surface area contributed by atoms with Crippen molar-refractivity contribution in [3.63, 3.8) is 0 Å². The van der Waals surface area contributed by atoms with E-state index in [1.807, 2.05) is 29.2 Å². The van der Waals surface area contributed by atoms with Crippen molar-refractivity contribution < 1.29 is 14.3 Å². The minimum absolute atomic E-state index is 0.0537. The Bertz CT molecular complexity index is 772. The number of amides is 1. The van der Waals surface area contributed by atoms with Gasteiger partial charge in [0.15, 0.2) is 11.5 Å². The van der Waals surface area contributed by atoms with Gasteiger partial charge in [0.1, 0.15) is 13.2 Å². The van der Waals surface area contributed by atoms with Crippen LogP contribution in [-0.4, -0.2) is 42.1 Å². The van der Waals surface area contributed by atoms with E-state index in [-0.39, 0.29) is 5.91 Å². The third kappa shape index (κ3) is 3.52. The maximum atomic E-state index is 12.6. The molecule has 1 fully saturated rings. The fourth-order valence-corrected chi connectivity index (χ4v) is 3.19. The first-order valence-electron chi connectivity index (χ1n) is 8.70. The molecule has 0 radical (unpaired) electrons. The molecule has 1 N–H and O–H groups in total. The smallest absolute Gasteiger partial charge is 0.255 e. The van der Waals surface area contributed by atoms with Gasteiger partial charge in [-0.3, -0.25) is 9.78 Å². The van der Waals surface area contributed by atoms with Crippen LogP contribution < -0.4 is 14.8 Å². The van der Waals surface area contributed by atoms with Crippen molar-refractivity contribution in [2.45, 2.75) is 19.3 Å². The SMILES string of the molecule is O=C(c1cncc(Nc2ccc3c(c2)OCCO3)c1)N1CCCCC1. The number of pyridine rings is 1. The summed E-state index contributed by atoms with van der Waals surface area (Å²) in [6.07, 6.45) is 6.70. The minimum Gasteiger partial charge on any atom is -0.486 e. The predicted octanol–water partition coefficient (Wildman–Crippen LogP) is 3.22. The molecule has 0 bridgehead atoms. The normalized spacial score (nSPS) is 16.4. The van der Waals surface area contributed by atoms with E-state index in [1.165, 1.54) is 6.42 Å². The van der Waals surface area contributed by atoms with Gasteiger partial charge < -0.3 is 19.7 Å². The van der Waals surface area contributed by atoms with Gasteiger partial charge in [0.25, 0.3) is 5.91 Å². The highest BCUT2D eigenvalue weighted by Gasteiger charge is 2.19. The largest absolute Gasteiger partial charge is 0.486 e. The standard InChI is InChI=1S/C19H21N3O3/c23-19(22-6-2-1-3-7-22)14-10-16(13-20-12-14)21-15-4-5-17-18(11-15)25-9-8-24-17/h4-5,10-13,21H,1-3,6-9H2. The monoisotopic (exact) mass is 339 g/mol. The first-order valence-corrected chi connectivity index (χ1v) is 8.70. The number of benzene rings is 1. The van der Waals surface area contributed by atoms with Crippen LogP contribution in [0.15, 0.2) is 36.7 Å². The Hall–Kier alpha value is -2.76. The molecule has 6 heteroatoms. The molecule has 0 saturated carbocycles. The van der Waals surface area contributed by atoms with Crippen molar-refractivity contribution >= 4 is 17.3 Å². The Morgan fingerprint density at radius 3 is 2.60 bits per heavy atom. The summed E-state index contributed by atoms with van der Waals surface area (Å²) in [5, 5.41) is 3.28. The van der Waals surface area contributed by atoms with Crippen molar-refractivity contribution in [3.8, 4) is 11.5 Å². The number of hydrogen-bond acceptors (Lipinski definition) is 5. The second-order valence-electron chi connectivity index (χ2n) is 6.30. The second-order valence-corrected chi connectivity index (χ2v) is 6.30. The van der Waals surface area contributed by atoms with Gasteiger partial charge in [-0.1, -0.05) is 0 Å². The molecule has 0 atom stereocenters. The summed E-state index contributed by atoms with van der Waals surface area (Å²) in [5.74, 6) is 1.53. The van der Waals surface area contributed by atoms with Crippen LogP contribution in [0.2, 0.25) is 0 Å². The summed E-state index contributed by atoms with van der Waals surface area (Å²) in [5.41, 5.74) is 2.26. The van der Waals surface area contributed by atoms with Crippen LogP contribution in [-0.2, 0) is 0 Å². The van der Waals surface area contributed by atoms with Gasteiger partial charge in [0.2, 0.25) is 0 Å². The van der Waals surface area contributed by atoms with E-state index < -0.39 is 0 Å². The number of likely N-dealkylation sites (tertiary alicyclic amines) is 1. The number of rotatable bonds is 3. The van der Waals surface area contributed by atoms with Gasteiger partial charge in [0, 0.05) is 31.0 Å². The summed E-state index contributed by atoms with van der Waals surface area (Å²) in [6, 6.07) is 7.55. The predicted molar refractivity (Wildman–Crippen MR) is 94.7 cm³/mol. The second kappa shape index (κ2) is 7.01.